The van der Waals surface area contributed by atoms with E-state index < -0.39 is 4.92 Å². The molecule has 2 N–H and O–H groups in total. The summed E-state index contributed by atoms with van der Waals surface area (Å²) in [7, 11) is 0. The smallest absolute Gasteiger partial charge is 0.246 e. The SMILES string of the molecule is CC/C(=C/c1ccc(O)c(O)c1)[N+](=O)[O-]. The molecule has 0 fully saturated rings. The third-order valence-corrected chi connectivity index (χ3v) is 1.93. The van der Waals surface area contributed by atoms with Crippen LogP contribution in [0.3, 0.4) is 0 Å². The van der Waals surface area contributed by atoms with Crippen molar-refractivity contribution in [3.63, 3.8) is 0 Å². The summed E-state index contributed by atoms with van der Waals surface area (Å²) in [6.07, 6.45) is 1.66. The number of hydrogen-bond acceptors (Lipinski definition) is 4. The molecule has 5 heteroatoms. The Morgan fingerprint density at radius 2 is 2.13 bits per heavy atom. The quantitative estimate of drug-likeness (QED) is 0.453. The third-order valence-electron chi connectivity index (χ3n) is 1.93. The van der Waals surface area contributed by atoms with E-state index in [0.717, 1.165) is 0 Å². The lowest BCUT2D eigenvalue weighted by atomic mass is 10.1. The first-order valence-corrected chi connectivity index (χ1v) is 4.41. The van der Waals surface area contributed by atoms with Crippen LogP contribution >= 0.6 is 0 Å². The Balaban J connectivity index is 3.07. The van der Waals surface area contributed by atoms with Crippen molar-refractivity contribution in [1.82, 2.24) is 0 Å². The van der Waals surface area contributed by atoms with Gasteiger partial charge in [-0.1, -0.05) is 13.0 Å². The molecule has 1 rings (SSSR count). The Morgan fingerprint density at radius 3 is 2.60 bits per heavy atom. The van der Waals surface area contributed by atoms with E-state index in [4.69, 9.17) is 5.11 Å². The molecule has 80 valence electrons. The van der Waals surface area contributed by atoms with Gasteiger partial charge in [0.2, 0.25) is 5.70 Å². The second-order valence-corrected chi connectivity index (χ2v) is 2.99. The van der Waals surface area contributed by atoms with Gasteiger partial charge in [-0.05, 0) is 17.7 Å². The number of nitro groups is 1. The molecule has 0 radical (unpaired) electrons. The molecule has 0 aliphatic heterocycles. The van der Waals surface area contributed by atoms with Crippen molar-refractivity contribution in [1.29, 1.82) is 0 Å². The lowest BCUT2D eigenvalue weighted by Gasteiger charge is -1.99. The molecular formula is C10H11NO4. The van der Waals surface area contributed by atoms with E-state index in [2.05, 4.69) is 0 Å². The van der Waals surface area contributed by atoms with Gasteiger partial charge < -0.3 is 10.2 Å². The maximum absolute atomic E-state index is 10.5. The fourth-order valence-corrected chi connectivity index (χ4v) is 1.11. The standard InChI is InChI=1S/C10H11NO4/c1-2-8(11(14)15)5-7-3-4-9(12)10(13)6-7/h3-6,12-13H,2H2,1H3/b8-5-. The number of aromatic hydroxyl groups is 2. The molecule has 0 saturated heterocycles. The van der Waals surface area contributed by atoms with Crippen LogP contribution in [-0.2, 0) is 0 Å². The fraction of sp³-hybridized carbons (Fsp3) is 0.200. The first-order chi connectivity index (χ1) is 7.04. The normalized spacial score (nSPS) is 11.4. The van der Waals surface area contributed by atoms with E-state index in [1.165, 1.54) is 24.3 Å². The molecule has 1 aromatic carbocycles. The number of allylic oxidation sites excluding steroid dienone is 1. The highest BCUT2D eigenvalue weighted by Gasteiger charge is 2.08. The summed E-state index contributed by atoms with van der Waals surface area (Å²) in [4.78, 5) is 10.0. The van der Waals surface area contributed by atoms with Crippen LogP contribution in [0.2, 0.25) is 0 Å². The molecule has 15 heavy (non-hydrogen) atoms. The van der Waals surface area contributed by atoms with Crippen LogP contribution in [0.1, 0.15) is 18.9 Å². The highest BCUT2D eigenvalue weighted by atomic mass is 16.6. The van der Waals surface area contributed by atoms with E-state index in [1.807, 2.05) is 0 Å². The van der Waals surface area contributed by atoms with Gasteiger partial charge in [0.1, 0.15) is 0 Å². The van der Waals surface area contributed by atoms with E-state index in [9.17, 15) is 15.2 Å². The highest BCUT2D eigenvalue weighted by molar-refractivity contribution is 5.56. The van der Waals surface area contributed by atoms with Crippen molar-refractivity contribution in [2.45, 2.75) is 13.3 Å². The molecule has 1 aromatic rings. The lowest BCUT2D eigenvalue weighted by Crippen LogP contribution is -1.96. The number of phenols is 2. The Labute approximate surface area is 86.4 Å². The molecule has 0 unspecified atom stereocenters. The summed E-state index contributed by atoms with van der Waals surface area (Å²) < 4.78 is 0. The molecule has 0 spiro atoms. The second-order valence-electron chi connectivity index (χ2n) is 2.99. The summed E-state index contributed by atoms with van der Waals surface area (Å²) in [5.74, 6) is -0.533. The second kappa shape index (κ2) is 4.45. The molecule has 0 heterocycles. The van der Waals surface area contributed by atoms with Crippen LogP contribution < -0.4 is 0 Å². The number of nitrogens with zero attached hydrogens (tertiary/aromatic N) is 1. The number of benzene rings is 1. The van der Waals surface area contributed by atoms with Crippen LogP contribution in [0.4, 0.5) is 0 Å². The molecule has 0 saturated carbocycles. The minimum Gasteiger partial charge on any atom is -0.504 e. The number of phenolic OH excluding ortho intramolecular Hbond substituents is 2. The first kappa shape index (κ1) is 11.0. The summed E-state index contributed by atoms with van der Waals surface area (Å²) in [5, 5.41) is 28.7. The van der Waals surface area contributed by atoms with Gasteiger partial charge in [0, 0.05) is 12.5 Å². The van der Waals surface area contributed by atoms with Gasteiger partial charge in [0.15, 0.2) is 11.5 Å². The zero-order chi connectivity index (χ0) is 11.4. The van der Waals surface area contributed by atoms with Gasteiger partial charge in [-0.3, -0.25) is 10.1 Å². The number of hydrogen-bond donors (Lipinski definition) is 2. The van der Waals surface area contributed by atoms with Gasteiger partial charge in [-0.15, -0.1) is 0 Å². The Morgan fingerprint density at radius 1 is 1.47 bits per heavy atom. The molecule has 0 bridgehead atoms. The Kier molecular flexibility index (Phi) is 3.28. The third kappa shape index (κ3) is 2.70. The number of rotatable bonds is 3. The van der Waals surface area contributed by atoms with Gasteiger partial charge >= 0.3 is 0 Å². The van der Waals surface area contributed by atoms with Crippen molar-refractivity contribution in [2.75, 3.05) is 0 Å². The maximum atomic E-state index is 10.5. The van der Waals surface area contributed by atoms with Crippen molar-refractivity contribution in [2.24, 2.45) is 0 Å². The van der Waals surface area contributed by atoms with Crippen LogP contribution in [0.25, 0.3) is 6.08 Å². The van der Waals surface area contributed by atoms with E-state index in [0.29, 0.717) is 12.0 Å². The van der Waals surface area contributed by atoms with E-state index in [-0.39, 0.29) is 17.2 Å². The summed E-state index contributed by atoms with van der Waals surface area (Å²) in [6.45, 7) is 1.68. The zero-order valence-electron chi connectivity index (χ0n) is 8.17. The van der Waals surface area contributed by atoms with Gasteiger partial charge in [-0.2, -0.15) is 0 Å². The zero-order valence-corrected chi connectivity index (χ0v) is 8.17. The monoisotopic (exact) mass is 209 g/mol. The van der Waals surface area contributed by atoms with Crippen molar-refractivity contribution in [3.8, 4) is 11.5 Å². The first-order valence-electron chi connectivity index (χ1n) is 4.41. The lowest BCUT2D eigenvalue weighted by molar-refractivity contribution is -0.425. The topological polar surface area (TPSA) is 83.6 Å². The molecule has 0 aliphatic rings. The van der Waals surface area contributed by atoms with Crippen LogP contribution in [0, 0.1) is 10.1 Å². The summed E-state index contributed by atoms with van der Waals surface area (Å²) in [5.41, 5.74) is 0.541. The van der Waals surface area contributed by atoms with Crippen molar-refractivity contribution < 1.29 is 15.1 Å². The fourth-order valence-electron chi connectivity index (χ4n) is 1.11. The summed E-state index contributed by atoms with van der Waals surface area (Å²) in [6, 6.07) is 4.05. The average molecular weight is 209 g/mol. The van der Waals surface area contributed by atoms with E-state index in [1.54, 1.807) is 6.92 Å². The van der Waals surface area contributed by atoms with Crippen LogP contribution in [0.15, 0.2) is 23.9 Å². The van der Waals surface area contributed by atoms with Crippen molar-refractivity contribution in [3.05, 3.63) is 39.6 Å². The molecular weight excluding hydrogens is 198 g/mol. The Bertz CT molecular complexity index is 412. The molecule has 0 aliphatic carbocycles. The van der Waals surface area contributed by atoms with Gasteiger partial charge in [-0.25, -0.2) is 0 Å². The van der Waals surface area contributed by atoms with Crippen LogP contribution in [0.5, 0.6) is 11.5 Å². The van der Waals surface area contributed by atoms with Crippen molar-refractivity contribution >= 4 is 6.08 Å². The maximum Gasteiger partial charge on any atom is 0.246 e. The molecule has 0 atom stereocenters. The Hall–Kier alpha value is -2.04. The molecule has 0 amide bonds. The van der Waals surface area contributed by atoms with Gasteiger partial charge in [0.25, 0.3) is 0 Å². The minimum atomic E-state index is -0.468. The molecule has 0 aromatic heterocycles. The summed E-state index contributed by atoms with van der Waals surface area (Å²) >= 11 is 0. The minimum absolute atomic E-state index is 0.0556. The van der Waals surface area contributed by atoms with Crippen LogP contribution in [-0.4, -0.2) is 15.1 Å². The average Bonchev–Trinajstić information content (AvgIpc) is 2.19. The predicted octanol–water partition coefficient (Wildman–Crippen LogP) is 2.13. The highest BCUT2D eigenvalue weighted by Crippen LogP contribution is 2.26. The van der Waals surface area contributed by atoms with Gasteiger partial charge in [0.05, 0.1) is 4.92 Å². The van der Waals surface area contributed by atoms with E-state index >= 15 is 0 Å². The molecule has 5 nitrogen and oxygen atoms in total. The largest absolute Gasteiger partial charge is 0.504 e. The predicted molar refractivity (Wildman–Crippen MR) is 55.0 cm³/mol.